The number of nitrogens with one attached hydrogen (secondary N) is 1. The quantitative estimate of drug-likeness (QED) is 0.683. The minimum atomic E-state index is -1.09. The van der Waals surface area contributed by atoms with Crippen LogP contribution < -0.4 is 10.2 Å². The minimum Gasteiger partial charge on any atom is -0.449 e. The molecule has 1 heterocycles. The van der Waals surface area contributed by atoms with Crippen LogP contribution in [-0.2, 0) is 19.1 Å². The fourth-order valence-electron chi connectivity index (χ4n) is 2.52. The first-order valence-electron chi connectivity index (χ1n) is 7.74. The Morgan fingerprint density at radius 3 is 2.50 bits per heavy atom. The van der Waals surface area contributed by atoms with Crippen LogP contribution in [-0.4, -0.2) is 29.4 Å². The molecule has 1 atom stereocenters. The summed E-state index contributed by atoms with van der Waals surface area (Å²) >= 11 is 0. The van der Waals surface area contributed by atoms with Gasteiger partial charge in [-0.2, -0.15) is 0 Å². The summed E-state index contributed by atoms with van der Waals surface area (Å²) in [6, 6.07) is 7.03. The lowest BCUT2D eigenvalue weighted by molar-refractivity contribution is -0.149. The van der Waals surface area contributed by atoms with Crippen molar-refractivity contribution in [3.8, 4) is 0 Å². The Hall–Kier alpha value is -2.63. The Labute approximate surface area is 141 Å². The molecule has 0 bridgehead atoms. The lowest BCUT2D eigenvalue weighted by Crippen LogP contribution is -2.60. The highest BCUT2D eigenvalue weighted by Crippen LogP contribution is 2.37. The van der Waals surface area contributed by atoms with E-state index in [-0.39, 0.29) is 5.91 Å². The van der Waals surface area contributed by atoms with Gasteiger partial charge in [-0.05, 0) is 46.8 Å². The van der Waals surface area contributed by atoms with E-state index in [1.54, 1.807) is 52.0 Å². The second-order valence-electron chi connectivity index (χ2n) is 6.50. The molecule has 0 spiro atoms. The van der Waals surface area contributed by atoms with Gasteiger partial charge in [0.1, 0.15) is 5.54 Å². The number of benzene rings is 1. The van der Waals surface area contributed by atoms with E-state index in [0.29, 0.717) is 11.4 Å². The lowest BCUT2D eigenvalue weighted by atomic mass is 9.95. The topological polar surface area (TPSA) is 75.7 Å². The van der Waals surface area contributed by atoms with Crippen molar-refractivity contribution >= 4 is 29.2 Å². The predicted molar refractivity (Wildman–Crippen MR) is 91.6 cm³/mol. The molecule has 6 nitrogen and oxygen atoms in total. The minimum absolute atomic E-state index is 0.294. The Bertz CT molecular complexity index is 717. The average molecular weight is 330 g/mol. The first-order chi connectivity index (χ1) is 11.1. The van der Waals surface area contributed by atoms with Crippen molar-refractivity contribution in [3.63, 3.8) is 0 Å². The number of carbonyl (C=O) groups is 3. The van der Waals surface area contributed by atoms with Crippen molar-refractivity contribution in [3.05, 3.63) is 35.9 Å². The average Bonchev–Trinajstić information content (AvgIpc) is 2.46. The van der Waals surface area contributed by atoms with Gasteiger partial charge in [-0.15, -0.1) is 0 Å². The molecule has 1 aromatic carbocycles. The van der Waals surface area contributed by atoms with E-state index in [1.165, 1.54) is 17.9 Å². The van der Waals surface area contributed by atoms with Crippen LogP contribution in [0.2, 0.25) is 0 Å². The summed E-state index contributed by atoms with van der Waals surface area (Å²) in [5.74, 6) is -1.32. The van der Waals surface area contributed by atoms with Gasteiger partial charge in [0, 0.05) is 6.08 Å². The van der Waals surface area contributed by atoms with Crippen molar-refractivity contribution in [2.45, 2.75) is 46.3 Å². The Balaban J connectivity index is 2.34. The summed E-state index contributed by atoms with van der Waals surface area (Å²) in [5.41, 5.74) is 0.820. The number of nitrogens with zero attached hydrogens (tertiary/aromatic N) is 1. The van der Waals surface area contributed by atoms with Gasteiger partial charge in [-0.25, -0.2) is 4.79 Å². The molecule has 2 rings (SSSR count). The number of rotatable bonds is 3. The molecule has 1 aliphatic heterocycles. The van der Waals surface area contributed by atoms with Gasteiger partial charge in [0.15, 0.2) is 6.10 Å². The van der Waals surface area contributed by atoms with Crippen molar-refractivity contribution < 1.29 is 19.1 Å². The highest BCUT2D eigenvalue weighted by molar-refractivity contribution is 6.15. The summed E-state index contributed by atoms with van der Waals surface area (Å²) in [7, 11) is 0. The monoisotopic (exact) mass is 330 g/mol. The van der Waals surface area contributed by atoms with Crippen molar-refractivity contribution in [1.29, 1.82) is 0 Å². The van der Waals surface area contributed by atoms with E-state index in [9.17, 15) is 14.4 Å². The van der Waals surface area contributed by atoms with Crippen LogP contribution >= 0.6 is 0 Å². The molecular weight excluding hydrogens is 308 g/mol. The predicted octanol–water partition coefficient (Wildman–Crippen LogP) is 2.65. The van der Waals surface area contributed by atoms with Crippen LogP contribution in [0.3, 0.4) is 0 Å². The summed E-state index contributed by atoms with van der Waals surface area (Å²) in [6.07, 6.45) is 0.317. The molecule has 0 aromatic heterocycles. The van der Waals surface area contributed by atoms with E-state index in [4.69, 9.17) is 4.74 Å². The van der Waals surface area contributed by atoms with Gasteiger partial charge in [-0.3, -0.25) is 14.5 Å². The van der Waals surface area contributed by atoms with Crippen LogP contribution in [0.1, 0.15) is 34.6 Å². The fourth-order valence-corrected chi connectivity index (χ4v) is 2.52. The molecule has 1 N–H and O–H groups in total. The third kappa shape index (κ3) is 3.32. The Kier molecular flexibility index (Phi) is 4.78. The maximum atomic E-state index is 12.9. The molecular formula is C18H22N2O4. The largest absolute Gasteiger partial charge is 0.449 e. The van der Waals surface area contributed by atoms with Crippen LogP contribution in [0.15, 0.2) is 35.9 Å². The number of anilines is 2. The number of ether oxygens (including phenoxy) is 1. The second kappa shape index (κ2) is 6.47. The summed E-state index contributed by atoms with van der Waals surface area (Å²) in [6.45, 7) is 8.34. The zero-order valence-corrected chi connectivity index (χ0v) is 14.5. The van der Waals surface area contributed by atoms with Crippen LogP contribution in [0.4, 0.5) is 11.4 Å². The van der Waals surface area contributed by atoms with Crippen LogP contribution in [0.5, 0.6) is 0 Å². The summed E-state index contributed by atoms with van der Waals surface area (Å²) in [4.78, 5) is 38.4. The third-order valence-corrected chi connectivity index (χ3v) is 3.78. The first-order valence-corrected chi connectivity index (χ1v) is 7.74. The SMILES string of the molecule is CC(C)=CC(=O)OC(C)C(=O)N1c2ccccc2NC(=O)C1(C)C. The molecule has 0 fully saturated rings. The normalized spacial score (nSPS) is 16.5. The zero-order chi connectivity index (χ0) is 18.1. The van der Waals surface area contributed by atoms with Gasteiger partial charge < -0.3 is 10.1 Å². The van der Waals surface area contributed by atoms with E-state index in [1.807, 2.05) is 0 Å². The standard InChI is InChI=1S/C18H22N2O4/c1-11(2)10-15(21)24-12(3)16(22)20-14-9-7-6-8-13(14)19-17(23)18(20,4)5/h6-10,12H,1-5H3,(H,19,23). The number of esters is 1. The maximum Gasteiger partial charge on any atom is 0.331 e. The maximum absolute atomic E-state index is 12.9. The molecule has 24 heavy (non-hydrogen) atoms. The number of carbonyl (C=O) groups excluding carboxylic acids is 3. The third-order valence-electron chi connectivity index (χ3n) is 3.78. The molecule has 2 amide bonds. The van der Waals surface area contributed by atoms with Crippen molar-refractivity contribution in [1.82, 2.24) is 0 Å². The Morgan fingerprint density at radius 2 is 1.88 bits per heavy atom. The van der Waals surface area contributed by atoms with Gasteiger partial charge in [0.05, 0.1) is 11.4 Å². The number of para-hydroxylation sites is 2. The van der Waals surface area contributed by atoms with E-state index < -0.39 is 23.5 Å². The molecule has 1 unspecified atom stereocenters. The van der Waals surface area contributed by atoms with E-state index in [2.05, 4.69) is 5.32 Å². The molecule has 0 saturated carbocycles. The smallest absolute Gasteiger partial charge is 0.331 e. The van der Waals surface area contributed by atoms with Gasteiger partial charge in [0.2, 0.25) is 5.91 Å². The highest BCUT2D eigenvalue weighted by atomic mass is 16.5. The van der Waals surface area contributed by atoms with Gasteiger partial charge in [0.25, 0.3) is 5.91 Å². The molecule has 0 radical (unpaired) electrons. The van der Waals surface area contributed by atoms with Crippen LogP contribution in [0, 0.1) is 0 Å². The molecule has 6 heteroatoms. The molecule has 0 aliphatic carbocycles. The molecule has 1 aliphatic rings. The van der Waals surface area contributed by atoms with Gasteiger partial charge >= 0.3 is 5.97 Å². The van der Waals surface area contributed by atoms with E-state index >= 15 is 0 Å². The number of hydrogen-bond donors (Lipinski definition) is 1. The number of hydrogen-bond acceptors (Lipinski definition) is 4. The number of amides is 2. The van der Waals surface area contributed by atoms with Gasteiger partial charge in [-0.1, -0.05) is 17.7 Å². The lowest BCUT2D eigenvalue weighted by Gasteiger charge is -2.42. The molecule has 0 saturated heterocycles. The second-order valence-corrected chi connectivity index (χ2v) is 6.50. The Morgan fingerprint density at radius 1 is 1.25 bits per heavy atom. The van der Waals surface area contributed by atoms with Crippen molar-refractivity contribution in [2.75, 3.05) is 10.2 Å². The first kappa shape index (κ1) is 17.7. The molecule has 1 aromatic rings. The van der Waals surface area contributed by atoms with Crippen LogP contribution in [0.25, 0.3) is 0 Å². The zero-order valence-electron chi connectivity index (χ0n) is 14.5. The summed E-state index contributed by atoms with van der Waals surface area (Å²) < 4.78 is 5.18. The highest BCUT2D eigenvalue weighted by Gasteiger charge is 2.45. The summed E-state index contributed by atoms with van der Waals surface area (Å²) in [5, 5.41) is 2.79. The fraction of sp³-hybridized carbons (Fsp3) is 0.389. The van der Waals surface area contributed by atoms with Crippen molar-refractivity contribution in [2.24, 2.45) is 0 Å². The number of allylic oxidation sites excluding steroid dienone is 1. The van der Waals surface area contributed by atoms with E-state index in [0.717, 1.165) is 5.57 Å². The molecule has 128 valence electrons. The number of fused-ring (bicyclic) bond motifs is 1.